The van der Waals surface area contributed by atoms with Crippen LogP contribution in [0.3, 0.4) is 0 Å². The van der Waals surface area contributed by atoms with E-state index in [9.17, 15) is 9.59 Å². The van der Waals surface area contributed by atoms with Crippen LogP contribution in [0.15, 0.2) is 12.7 Å². The molecular formula is C13H23NO5. The fourth-order valence-corrected chi connectivity index (χ4v) is 1.54. The quantitative estimate of drug-likeness (QED) is 0.484. The number of hydrogen-bond donors (Lipinski definition) is 1. The molecule has 0 spiro atoms. The number of rotatable bonds is 10. The highest BCUT2D eigenvalue weighted by Gasteiger charge is 2.19. The molecule has 0 saturated heterocycles. The van der Waals surface area contributed by atoms with Gasteiger partial charge in [0.25, 0.3) is 0 Å². The Kier molecular flexibility index (Phi) is 9.52. The van der Waals surface area contributed by atoms with Crippen molar-refractivity contribution in [1.82, 2.24) is 4.90 Å². The number of ether oxygens (including phenoxy) is 2. The summed E-state index contributed by atoms with van der Waals surface area (Å²) in [5, 5.41) is 8.69. The minimum absolute atomic E-state index is 0.0410. The summed E-state index contributed by atoms with van der Waals surface area (Å²) in [6.07, 6.45) is 0.406. The zero-order valence-corrected chi connectivity index (χ0v) is 11.6. The maximum Gasteiger partial charge on any atom is 0.508 e. The zero-order valence-electron chi connectivity index (χ0n) is 11.6. The number of carboxylic acid groups (broad SMARTS) is 1. The summed E-state index contributed by atoms with van der Waals surface area (Å²) in [4.78, 5) is 24.0. The first-order chi connectivity index (χ1) is 9.03. The molecule has 0 aromatic rings. The largest absolute Gasteiger partial charge is 0.508 e. The number of carbonyl (C=O) groups is 2. The Labute approximate surface area is 114 Å². The molecule has 0 aromatic heterocycles. The molecule has 0 rings (SSSR count). The zero-order chi connectivity index (χ0) is 14.7. The van der Waals surface area contributed by atoms with E-state index in [1.54, 1.807) is 0 Å². The normalized spacial score (nSPS) is 11.9. The molecule has 0 radical (unpaired) electrons. The molecular weight excluding hydrogens is 250 g/mol. The third-order valence-corrected chi connectivity index (χ3v) is 2.62. The molecule has 19 heavy (non-hydrogen) atoms. The summed E-state index contributed by atoms with van der Waals surface area (Å²) >= 11 is 0. The Morgan fingerprint density at radius 2 is 2.00 bits per heavy atom. The van der Waals surface area contributed by atoms with Crippen LogP contribution >= 0.6 is 0 Å². The van der Waals surface area contributed by atoms with E-state index in [-0.39, 0.29) is 19.4 Å². The van der Waals surface area contributed by atoms with Gasteiger partial charge in [0, 0.05) is 13.0 Å². The summed E-state index contributed by atoms with van der Waals surface area (Å²) in [5.41, 5.74) is 0. The number of carbonyl (C=O) groups excluding carboxylic acids is 1. The van der Waals surface area contributed by atoms with Crippen LogP contribution in [-0.4, -0.2) is 54.5 Å². The van der Waals surface area contributed by atoms with Gasteiger partial charge in [0.15, 0.2) is 0 Å². The van der Waals surface area contributed by atoms with Crippen LogP contribution < -0.4 is 0 Å². The second-order valence-corrected chi connectivity index (χ2v) is 4.01. The van der Waals surface area contributed by atoms with Crippen molar-refractivity contribution < 1.29 is 24.2 Å². The van der Waals surface area contributed by atoms with E-state index in [4.69, 9.17) is 14.6 Å². The summed E-state index contributed by atoms with van der Waals surface area (Å²) < 4.78 is 9.86. The lowest BCUT2D eigenvalue weighted by Gasteiger charge is -2.24. The van der Waals surface area contributed by atoms with Crippen molar-refractivity contribution >= 4 is 12.1 Å². The first kappa shape index (κ1) is 17.4. The molecule has 0 fully saturated rings. The van der Waals surface area contributed by atoms with Gasteiger partial charge >= 0.3 is 12.1 Å². The smallest absolute Gasteiger partial charge is 0.481 e. The Bertz CT molecular complexity index is 289. The van der Waals surface area contributed by atoms with E-state index in [1.165, 1.54) is 6.08 Å². The molecule has 1 unspecified atom stereocenters. The first-order valence-corrected chi connectivity index (χ1v) is 6.41. The molecule has 0 heterocycles. The molecule has 0 aliphatic carbocycles. The van der Waals surface area contributed by atoms with Gasteiger partial charge in [-0.05, 0) is 19.5 Å². The Balaban J connectivity index is 4.34. The van der Waals surface area contributed by atoms with Crippen molar-refractivity contribution in [2.75, 3.05) is 26.2 Å². The Hall–Kier alpha value is -1.56. The lowest BCUT2D eigenvalue weighted by molar-refractivity contribution is -0.137. The van der Waals surface area contributed by atoms with E-state index in [2.05, 4.69) is 11.5 Å². The van der Waals surface area contributed by atoms with Gasteiger partial charge in [0.2, 0.25) is 0 Å². The molecule has 6 nitrogen and oxygen atoms in total. The second kappa shape index (κ2) is 10.4. The van der Waals surface area contributed by atoms with Crippen LogP contribution in [0.4, 0.5) is 4.79 Å². The van der Waals surface area contributed by atoms with Crippen molar-refractivity contribution in [1.29, 1.82) is 0 Å². The molecule has 0 saturated carbocycles. The minimum Gasteiger partial charge on any atom is -0.481 e. The summed E-state index contributed by atoms with van der Waals surface area (Å²) in [7, 11) is 0. The standard InChI is InChI=1S/C13H23NO5/c1-4-9-18-13(17)19-11(7-8-12(15)16)10-14(5-2)6-3/h4,11H,1,5-10H2,2-3H3,(H,15,16). The van der Waals surface area contributed by atoms with Gasteiger partial charge in [0.1, 0.15) is 12.7 Å². The molecule has 0 aliphatic heterocycles. The highest BCUT2D eigenvalue weighted by molar-refractivity contribution is 5.66. The maximum absolute atomic E-state index is 11.4. The van der Waals surface area contributed by atoms with Gasteiger partial charge in [-0.3, -0.25) is 4.79 Å². The van der Waals surface area contributed by atoms with Crippen LogP contribution in [0.2, 0.25) is 0 Å². The van der Waals surface area contributed by atoms with Crippen LogP contribution in [-0.2, 0) is 14.3 Å². The number of nitrogens with zero attached hydrogens (tertiary/aromatic N) is 1. The van der Waals surface area contributed by atoms with E-state index in [0.29, 0.717) is 6.54 Å². The third kappa shape index (κ3) is 9.07. The average molecular weight is 273 g/mol. The van der Waals surface area contributed by atoms with E-state index in [0.717, 1.165) is 13.1 Å². The summed E-state index contributed by atoms with van der Waals surface area (Å²) in [6, 6.07) is 0. The predicted octanol–water partition coefficient (Wildman–Crippen LogP) is 1.90. The van der Waals surface area contributed by atoms with E-state index < -0.39 is 18.2 Å². The minimum atomic E-state index is -0.910. The fraction of sp³-hybridized carbons (Fsp3) is 0.692. The van der Waals surface area contributed by atoms with Crippen molar-refractivity contribution in [3.63, 3.8) is 0 Å². The van der Waals surface area contributed by atoms with Gasteiger partial charge < -0.3 is 19.5 Å². The van der Waals surface area contributed by atoms with Gasteiger partial charge in [-0.1, -0.05) is 26.5 Å². The highest BCUT2D eigenvalue weighted by atomic mass is 16.7. The van der Waals surface area contributed by atoms with E-state index >= 15 is 0 Å². The first-order valence-electron chi connectivity index (χ1n) is 6.41. The SMILES string of the molecule is C=CCOC(=O)OC(CCC(=O)O)CN(CC)CC. The van der Waals surface area contributed by atoms with Crippen LogP contribution in [0.25, 0.3) is 0 Å². The topological polar surface area (TPSA) is 76.1 Å². The number of aliphatic carboxylic acids is 1. The third-order valence-electron chi connectivity index (χ3n) is 2.62. The monoisotopic (exact) mass is 273 g/mol. The molecule has 6 heteroatoms. The molecule has 0 aromatic carbocycles. The van der Waals surface area contributed by atoms with Gasteiger partial charge in [-0.15, -0.1) is 0 Å². The molecule has 1 atom stereocenters. The van der Waals surface area contributed by atoms with Gasteiger partial charge in [-0.25, -0.2) is 4.79 Å². The lowest BCUT2D eigenvalue weighted by atomic mass is 10.2. The molecule has 110 valence electrons. The average Bonchev–Trinajstić information content (AvgIpc) is 2.39. The number of likely N-dealkylation sites (N-methyl/N-ethyl adjacent to an activating group) is 1. The fourth-order valence-electron chi connectivity index (χ4n) is 1.54. The molecule has 0 amide bonds. The van der Waals surface area contributed by atoms with Crippen molar-refractivity contribution in [2.24, 2.45) is 0 Å². The maximum atomic E-state index is 11.4. The number of carboxylic acids is 1. The second-order valence-electron chi connectivity index (χ2n) is 4.01. The molecule has 1 N–H and O–H groups in total. The van der Waals surface area contributed by atoms with Gasteiger partial charge in [0.05, 0.1) is 0 Å². The summed E-state index contributed by atoms with van der Waals surface area (Å²) in [5.74, 6) is -0.910. The van der Waals surface area contributed by atoms with Crippen molar-refractivity contribution in [3.8, 4) is 0 Å². The molecule has 0 bridgehead atoms. The molecule has 0 aliphatic rings. The van der Waals surface area contributed by atoms with Gasteiger partial charge in [-0.2, -0.15) is 0 Å². The highest BCUT2D eigenvalue weighted by Crippen LogP contribution is 2.07. The Morgan fingerprint density at radius 3 is 2.47 bits per heavy atom. The number of hydrogen-bond acceptors (Lipinski definition) is 5. The summed E-state index contributed by atoms with van der Waals surface area (Å²) in [6.45, 7) is 9.62. The van der Waals surface area contributed by atoms with E-state index in [1.807, 2.05) is 13.8 Å². The predicted molar refractivity (Wildman–Crippen MR) is 71.1 cm³/mol. The van der Waals surface area contributed by atoms with Crippen LogP contribution in [0, 0.1) is 0 Å². The van der Waals surface area contributed by atoms with Crippen LogP contribution in [0.1, 0.15) is 26.7 Å². The van der Waals surface area contributed by atoms with Crippen LogP contribution in [0.5, 0.6) is 0 Å². The van der Waals surface area contributed by atoms with Crippen molar-refractivity contribution in [3.05, 3.63) is 12.7 Å². The van der Waals surface area contributed by atoms with Crippen molar-refractivity contribution in [2.45, 2.75) is 32.8 Å². The lowest BCUT2D eigenvalue weighted by Crippen LogP contribution is -2.35. The Morgan fingerprint density at radius 1 is 1.37 bits per heavy atom.